The standard InChI is InChI=1S/C16H15IO2/c1-11(19-12(2)18)13-3-5-14(6-4-13)15-7-9-16(17)10-8-15/h3-11H,1-2H3. The van der Waals surface area contributed by atoms with Crippen LogP contribution in [0.15, 0.2) is 48.5 Å². The summed E-state index contributed by atoms with van der Waals surface area (Å²) in [5.74, 6) is -0.255. The zero-order chi connectivity index (χ0) is 13.8. The van der Waals surface area contributed by atoms with Gasteiger partial charge in [-0.1, -0.05) is 36.4 Å². The van der Waals surface area contributed by atoms with E-state index in [-0.39, 0.29) is 12.1 Å². The number of hydrogen-bond acceptors (Lipinski definition) is 2. The van der Waals surface area contributed by atoms with Crippen LogP contribution in [-0.2, 0) is 9.53 Å². The van der Waals surface area contributed by atoms with Crippen molar-refractivity contribution in [3.8, 4) is 11.1 Å². The van der Waals surface area contributed by atoms with Crippen LogP contribution in [0.25, 0.3) is 11.1 Å². The molecule has 0 heterocycles. The van der Waals surface area contributed by atoms with Crippen molar-refractivity contribution >= 4 is 28.6 Å². The van der Waals surface area contributed by atoms with E-state index >= 15 is 0 Å². The van der Waals surface area contributed by atoms with Gasteiger partial charge in [0.05, 0.1) is 0 Å². The highest BCUT2D eigenvalue weighted by atomic mass is 127. The van der Waals surface area contributed by atoms with Gasteiger partial charge in [-0.15, -0.1) is 0 Å². The zero-order valence-corrected chi connectivity index (χ0v) is 13.0. The summed E-state index contributed by atoms with van der Waals surface area (Å²) in [6.07, 6.45) is -0.205. The van der Waals surface area contributed by atoms with Crippen molar-refractivity contribution in [3.63, 3.8) is 0 Å². The molecule has 0 aliphatic carbocycles. The average Bonchev–Trinajstić information content (AvgIpc) is 2.39. The van der Waals surface area contributed by atoms with E-state index in [1.54, 1.807) is 0 Å². The molecule has 0 aliphatic rings. The number of esters is 1. The Bertz CT molecular complexity index is 558. The fraction of sp³-hybridized carbons (Fsp3) is 0.188. The summed E-state index contributed by atoms with van der Waals surface area (Å²) in [7, 11) is 0. The Balaban J connectivity index is 2.18. The van der Waals surface area contributed by atoms with Gasteiger partial charge in [0, 0.05) is 10.5 Å². The Labute approximate surface area is 126 Å². The maximum Gasteiger partial charge on any atom is 0.303 e. The first-order valence-electron chi connectivity index (χ1n) is 6.09. The number of hydrogen-bond donors (Lipinski definition) is 0. The minimum absolute atomic E-state index is 0.205. The van der Waals surface area contributed by atoms with Gasteiger partial charge in [-0.25, -0.2) is 0 Å². The van der Waals surface area contributed by atoms with E-state index < -0.39 is 0 Å². The van der Waals surface area contributed by atoms with Gasteiger partial charge in [-0.3, -0.25) is 4.79 Å². The maximum atomic E-state index is 10.9. The van der Waals surface area contributed by atoms with Gasteiger partial charge in [0.15, 0.2) is 0 Å². The van der Waals surface area contributed by atoms with Crippen LogP contribution in [0.1, 0.15) is 25.5 Å². The third-order valence-electron chi connectivity index (χ3n) is 2.90. The van der Waals surface area contributed by atoms with Crippen LogP contribution in [0.4, 0.5) is 0 Å². The molecular weight excluding hydrogens is 351 g/mol. The lowest BCUT2D eigenvalue weighted by Crippen LogP contribution is -2.04. The summed E-state index contributed by atoms with van der Waals surface area (Å²) in [5, 5.41) is 0. The number of benzene rings is 2. The number of carbonyl (C=O) groups excluding carboxylic acids is 1. The lowest BCUT2D eigenvalue weighted by atomic mass is 10.0. The molecule has 0 saturated carbocycles. The van der Waals surface area contributed by atoms with Crippen molar-refractivity contribution in [2.45, 2.75) is 20.0 Å². The number of rotatable bonds is 3. The van der Waals surface area contributed by atoms with Gasteiger partial charge >= 0.3 is 5.97 Å². The second kappa shape index (κ2) is 6.19. The first-order chi connectivity index (χ1) is 9.06. The molecule has 2 rings (SSSR count). The Hall–Kier alpha value is -1.36. The predicted molar refractivity (Wildman–Crippen MR) is 84.8 cm³/mol. The van der Waals surface area contributed by atoms with Gasteiger partial charge in [-0.05, 0) is 58.3 Å². The second-order valence-electron chi connectivity index (χ2n) is 4.38. The van der Waals surface area contributed by atoms with E-state index in [9.17, 15) is 4.79 Å². The number of halogens is 1. The summed E-state index contributed by atoms with van der Waals surface area (Å²) in [4.78, 5) is 10.9. The SMILES string of the molecule is CC(=O)OC(C)c1ccc(-c2ccc(I)cc2)cc1. The fourth-order valence-electron chi connectivity index (χ4n) is 1.91. The van der Waals surface area contributed by atoms with Crippen molar-refractivity contribution < 1.29 is 9.53 Å². The van der Waals surface area contributed by atoms with E-state index in [4.69, 9.17) is 4.74 Å². The normalized spacial score (nSPS) is 11.9. The van der Waals surface area contributed by atoms with Gasteiger partial charge in [0.2, 0.25) is 0 Å². The van der Waals surface area contributed by atoms with E-state index in [2.05, 4.69) is 59.0 Å². The monoisotopic (exact) mass is 366 g/mol. The molecule has 0 fully saturated rings. The molecule has 0 N–H and O–H groups in total. The Morgan fingerprint density at radius 2 is 1.47 bits per heavy atom. The van der Waals surface area contributed by atoms with Crippen LogP contribution in [0.3, 0.4) is 0 Å². The number of ether oxygens (including phenoxy) is 1. The van der Waals surface area contributed by atoms with Crippen LogP contribution in [0.2, 0.25) is 0 Å². The largest absolute Gasteiger partial charge is 0.458 e. The summed E-state index contributed by atoms with van der Waals surface area (Å²) >= 11 is 2.29. The molecule has 2 nitrogen and oxygen atoms in total. The Morgan fingerprint density at radius 3 is 1.95 bits per heavy atom. The summed E-state index contributed by atoms with van der Waals surface area (Å²) in [5.41, 5.74) is 3.35. The molecule has 1 unspecified atom stereocenters. The average molecular weight is 366 g/mol. The highest BCUT2D eigenvalue weighted by Crippen LogP contribution is 2.24. The highest BCUT2D eigenvalue weighted by Gasteiger charge is 2.08. The van der Waals surface area contributed by atoms with Crippen LogP contribution >= 0.6 is 22.6 Å². The molecule has 0 aromatic heterocycles. The van der Waals surface area contributed by atoms with E-state index in [1.807, 2.05) is 19.1 Å². The molecule has 2 aromatic carbocycles. The van der Waals surface area contributed by atoms with Gasteiger partial charge < -0.3 is 4.74 Å². The molecule has 0 aliphatic heterocycles. The summed E-state index contributed by atoms with van der Waals surface area (Å²) in [6, 6.07) is 16.5. The van der Waals surface area contributed by atoms with Crippen LogP contribution in [0, 0.1) is 3.57 Å². The minimum Gasteiger partial charge on any atom is -0.458 e. The van der Waals surface area contributed by atoms with Crippen LogP contribution < -0.4 is 0 Å². The third-order valence-corrected chi connectivity index (χ3v) is 3.62. The quantitative estimate of drug-likeness (QED) is 0.587. The van der Waals surface area contributed by atoms with Crippen molar-refractivity contribution in [1.29, 1.82) is 0 Å². The maximum absolute atomic E-state index is 10.9. The Morgan fingerprint density at radius 1 is 1.00 bits per heavy atom. The topological polar surface area (TPSA) is 26.3 Å². The number of carbonyl (C=O) groups is 1. The molecule has 19 heavy (non-hydrogen) atoms. The highest BCUT2D eigenvalue weighted by molar-refractivity contribution is 14.1. The molecule has 0 saturated heterocycles. The van der Waals surface area contributed by atoms with Crippen molar-refractivity contribution in [1.82, 2.24) is 0 Å². The molecule has 0 bridgehead atoms. The molecule has 98 valence electrons. The van der Waals surface area contributed by atoms with E-state index in [1.165, 1.54) is 16.1 Å². The summed E-state index contributed by atoms with van der Waals surface area (Å²) < 4.78 is 6.38. The zero-order valence-electron chi connectivity index (χ0n) is 10.9. The van der Waals surface area contributed by atoms with E-state index in [0.29, 0.717) is 0 Å². The molecule has 2 aromatic rings. The molecule has 3 heteroatoms. The predicted octanol–water partition coefficient (Wildman–Crippen LogP) is 4.58. The van der Waals surface area contributed by atoms with E-state index in [0.717, 1.165) is 11.1 Å². The first-order valence-corrected chi connectivity index (χ1v) is 7.17. The van der Waals surface area contributed by atoms with Crippen molar-refractivity contribution in [2.75, 3.05) is 0 Å². The first kappa shape index (κ1) is 14.1. The van der Waals surface area contributed by atoms with Crippen LogP contribution in [-0.4, -0.2) is 5.97 Å². The molecule has 1 atom stereocenters. The lowest BCUT2D eigenvalue weighted by Gasteiger charge is -2.12. The van der Waals surface area contributed by atoms with Crippen LogP contribution in [0.5, 0.6) is 0 Å². The molecular formula is C16H15IO2. The van der Waals surface area contributed by atoms with Gasteiger partial charge in [0.25, 0.3) is 0 Å². The summed E-state index contributed by atoms with van der Waals surface area (Å²) in [6.45, 7) is 3.30. The Kier molecular flexibility index (Phi) is 4.58. The van der Waals surface area contributed by atoms with Gasteiger partial charge in [0.1, 0.15) is 6.10 Å². The molecule has 0 spiro atoms. The second-order valence-corrected chi connectivity index (χ2v) is 5.63. The van der Waals surface area contributed by atoms with Gasteiger partial charge in [-0.2, -0.15) is 0 Å². The van der Waals surface area contributed by atoms with Crippen molar-refractivity contribution in [3.05, 3.63) is 57.7 Å². The van der Waals surface area contributed by atoms with Crippen molar-refractivity contribution in [2.24, 2.45) is 0 Å². The molecule has 0 amide bonds. The fourth-order valence-corrected chi connectivity index (χ4v) is 2.27. The molecule has 0 radical (unpaired) electrons. The smallest absolute Gasteiger partial charge is 0.303 e. The third kappa shape index (κ3) is 3.80. The lowest BCUT2D eigenvalue weighted by molar-refractivity contribution is -0.145. The minimum atomic E-state index is -0.255.